The molecule has 0 bridgehead atoms. The van der Waals surface area contributed by atoms with Crippen LogP contribution in [0.5, 0.6) is 0 Å². The van der Waals surface area contributed by atoms with Gasteiger partial charge < -0.3 is 15.4 Å². The molecule has 0 spiro atoms. The molecule has 0 fully saturated rings. The lowest BCUT2D eigenvalue weighted by Gasteiger charge is -2.14. The molecule has 1 aromatic rings. The number of aryl methyl sites for hydroxylation is 1. The Labute approximate surface area is 120 Å². The second-order valence-electron chi connectivity index (χ2n) is 4.50. The third-order valence-corrected chi connectivity index (χ3v) is 2.90. The number of hydrogen-bond acceptors (Lipinski definition) is 6. The zero-order valence-electron chi connectivity index (χ0n) is 12.7. The van der Waals surface area contributed by atoms with Gasteiger partial charge in [0.1, 0.15) is 17.5 Å². The van der Waals surface area contributed by atoms with Crippen LogP contribution in [0.2, 0.25) is 0 Å². The molecule has 0 aliphatic carbocycles. The maximum absolute atomic E-state index is 11.1. The number of esters is 1. The molecule has 6 heteroatoms. The van der Waals surface area contributed by atoms with Crippen molar-refractivity contribution in [3.8, 4) is 0 Å². The van der Waals surface area contributed by atoms with Crippen LogP contribution >= 0.6 is 0 Å². The summed E-state index contributed by atoms with van der Waals surface area (Å²) in [6.07, 6.45) is 2.13. The van der Waals surface area contributed by atoms with Crippen molar-refractivity contribution >= 4 is 17.6 Å². The van der Waals surface area contributed by atoms with Crippen molar-refractivity contribution in [2.24, 2.45) is 0 Å². The first-order valence-corrected chi connectivity index (χ1v) is 7.04. The van der Waals surface area contributed by atoms with Gasteiger partial charge in [0.25, 0.3) is 0 Å². The molecule has 2 N–H and O–H groups in total. The number of hydrogen-bond donors (Lipinski definition) is 2. The Kier molecular flexibility index (Phi) is 6.76. The molecule has 0 aliphatic rings. The van der Waals surface area contributed by atoms with Crippen molar-refractivity contribution in [1.29, 1.82) is 0 Å². The lowest BCUT2D eigenvalue weighted by molar-refractivity contribution is -0.140. The van der Waals surface area contributed by atoms with E-state index < -0.39 is 0 Å². The quantitative estimate of drug-likeness (QED) is 0.711. The first-order valence-electron chi connectivity index (χ1n) is 7.04. The number of methoxy groups -OCH3 is 1. The molecule has 6 nitrogen and oxygen atoms in total. The predicted molar refractivity (Wildman–Crippen MR) is 80.1 cm³/mol. The summed E-state index contributed by atoms with van der Waals surface area (Å²) in [5.74, 6) is 2.19. The van der Waals surface area contributed by atoms with E-state index in [0.717, 1.165) is 42.4 Å². The number of nitrogens with one attached hydrogen (secondary N) is 2. The molecular formula is C14H24N4O2. The molecule has 20 heavy (non-hydrogen) atoms. The van der Waals surface area contributed by atoms with Crippen molar-refractivity contribution < 1.29 is 9.53 Å². The minimum Gasteiger partial charge on any atom is -0.469 e. The van der Waals surface area contributed by atoms with E-state index >= 15 is 0 Å². The number of carbonyl (C=O) groups excluding carboxylic acids is 1. The zero-order valence-corrected chi connectivity index (χ0v) is 12.7. The predicted octanol–water partition coefficient (Wildman–Crippen LogP) is 2.14. The highest BCUT2D eigenvalue weighted by atomic mass is 16.5. The van der Waals surface area contributed by atoms with Crippen molar-refractivity contribution in [3.63, 3.8) is 0 Å². The molecule has 0 aliphatic heterocycles. The Bertz CT molecular complexity index is 449. The van der Waals surface area contributed by atoms with Gasteiger partial charge in [0.15, 0.2) is 0 Å². The highest BCUT2D eigenvalue weighted by molar-refractivity contribution is 5.70. The van der Waals surface area contributed by atoms with Crippen LogP contribution in [-0.2, 0) is 16.0 Å². The lowest BCUT2D eigenvalue weighted by atomic mass is 10.2. The number of rotatable bonds is 8. The van der Waals surface area contributed by atoms with Crippen LogP contribution in [0.25, 0.3) is 0 Å². The van der Waals surface area contributed by atoms with E-state index in [1.165, 1.54) is 7.11 Å². The second-order valence-corrected chi connectivity index (χ2v) is 4.50. The average Bonchev–Trinajstić information content (AvgIpc) is 2.47. The highest BCUT2D eigenvalue weighted by Gasteiger charge is 2.10. The van der Waals surface area contributed by atoms with Crippen molar-refractivity contribution in [2.45, 2.75) is 40.0 Å². The van der Waals surface area contributed by atoms with Gasteiger partial charge >= 0.3 is 5.97 Å². The van der Waals surface area contributed by atoms with E-state index in [9.17, 15) is 4.79 Å². The lowest BCUT2D eigenvalue weighted by Crippen LogP contribution is -2.14. The average molecular weight is 280 g/mol. The molecule has 1 rings (SSSR count). The smallest absolute Gasteiger partial charge is 0.307 e. The van der Waals surface area contributed by atoms with Crippen LogP contribution in [0.4, 0.5) is 11.6 Å². The molecule has 0 aromatic carbocycles. The first-order chi connectivity index (χ1) is 9.62. The van der Waals surface area contributed by atoms with E-state index in [1.807, 2.05) is 13.8 Å². The van der Waals surface area contributed by atoms with Gasteiger partial charge in [0, 0.05) is 25.1 Å². The van der Waals surface area contributed by atoms with Crippen LogP contribution in [0.1, 0.15) is 38.1 Å². The van der Waals surface area contributed by atoms with Gasteiger partial charge in [-0.3, -0.25) is 4.79 Å². The zero-order chi connectivity index (χ0) is 15.0. The monoisotopic (exact) mass is 280 g/mol. The normalized spacial score (nSPS) is 10.2. The number of carbonyl (C=O) groups is 1. The van der Waals surface area contributed by atoms with E-state index in [4.69, 9.17) is 0 Å². The largest absolute Gasteiger partial charge is 0.469 e. The minimum absolute atomic E-state index is 0.232. The third kappa shape index (κ3) is 4.68. The summed E-state index contributed by atoms with van der Waals surface area (Å²) in [6, 6.07) is 0. The van der Waals surface area contributed by atoms with Crippen LogP contribution in [-0.4, -0.2) is 36.1 Å². The van der Waals surface area contributed by atoms with Gasteiger partial charge in [-0.15, -0.1) is 0 Å². The van der Waals surface area contributed by atoms with Crippen LogP contribution in [0.15, 0.2) is 0 Å². The summed E-state index contributed by atoms with van der Waals surface area (Å²) < 4.78 is 4.62. The molecule has 0 amide bonds. The fourth-order valence-corrected chi connectivity index (χ4v) is 1.69. The summed E-state index contributed by atoms with van der Waals surface area (Å²) in [6.45, 7) is 7.48. The topological polar surface area (TPSA) is 76.1 Å². The minimum atomic E-state index is -0.232. The Balaban J connectivity index is 2.79. The number of ether oxygens (including phenoxy) is 1. The SMILES string of the molecule is CCCNc1nc(CC)nc(NCCC(=O)OC)c1C. The van der Waals surface area contributed by atoms with Gasteiger partial charge in [0.05, 0.1) is 13.5 Å². The molecule has 1 heterocycles. The number of aromatic nitrogens is 2. The fraction of sp³-hybridized carbons (Fsp3) is 0.643. The van der Waals surface area contributed by atoms with E-state index in [2.05, 4.69) is 32.3 Å². The standard InChI is InChI=1S/C14H24N4O2/c1-5-8-15-13-10(3)14(18-11(6-2)17-13)16-9-7-12(19)20-4/h5-9H2,1-4H3,(H2,15,16,17,18). The van der Waals surface area contributed by atoms with Gasteiger partial charge in [-0.25, -0.2) is 9.97 Å². The Hall–Kier alpha value is -1.85. The summed E-state index contributed by atoms with van der Waals surface area (Å²) >= 11 is 0. The van der Waals surface area contributed by atoms with Gasteiger partial charge in [-0.2, -0.15) is 0 Å². The summed E-state index contributed by atoms with van der Waals surface area (Å²) in [7, 11) is 1.39. The Morgan fingerprint density at radius 2 is 1.75 bits per heavy atom. The Morgan fingerprint density at radius 3 is 2.25 bits per heavy atom. The molecule has 1 aromatic heterocycles. The fourth-order valence-electron chi connectivity index (χ4n) is 1.69. The van der Waals surface area contributed by atoms with Crippen molar-refractivity contribution in [3.05, 3.63) is 11.4 Å². The maximum Gasteiger partial charge on any atom is 0.307 e. The molecule has 0 atom stereocenters. The van der Waals surface area contributed by atoms with Crippen LogP contribution < -0.4 is 10.6 Å². The van der Waals surface area contributed by atoms with Crippen molar-refractivity contribution in [2.75, 3.05) is 30.8 Å². The molecule has 0 radical (unpaired) electrons. The first kappa shape index (κ1) is 16.2. The molecule has 112 valence electrons. The van der Waals surface area contributed by atoms with E-state index in [1.54, 1.807) is 0 Å². The Morgan fingerprint density at radius 1 is 1.15 bits per heavy atom. The molecule has 0 saturated carbocycles. The van der Waals surface area contributed by atoms with E-state index in [0.29, 0.717) is 13.0 Å². The van der Waals surface area contributed by atoms with E-state index in [-0.39, 0.29) is 5.97 Å². The maximum atomic E-state index is 11.1. The van der Waals surface area contributed by atoms with Crippen LogP contribution in [0, 0.1) is 6.92 Å². The summed E-state index contributed by atoms with van der Waals surface area (Å²) in [5, 5.41) is 6.48. The third-order valence-electron chi connectivity index (χ3n) is 2.90. The molecular weight excluding hydrogens is 256 g/mol. The summed E-state index contributed by atoms with van der Waals surface area (Å²) in [5.41, 5.74) is 0.973. The number of anilines is 2. The van der Waals surface area contributed by atoms with Gasteiger partial charge in [0.2, 0.25) is 0 Å². The van der Waals surface area contributed by atoms with Gasteiger partial charge in [-0.05, 0) is 13.3 Å². The van der Waals surface area contributed by atoms with Crippen LogP contribution in [0.3, 0.4) is 0 Å². The molecule has 0 unspecified atom stereocenters. The number of nitrogens with zero attached hydrogens (tertiary/aromatic N) is 2. The second kappa shape index (κ2) is 8.35. The van der Waals surface area contributed by atoms with Crippen molar-refractivity contribution in [1.82, 2.24) is 9.97 Å². The molecule has 0 saturated heterocycles. The summed E-state index contributed by atoms with van der Waals surface area (Å²) in [4.78, 5) is 20.1. The van der Waals surface area contributed by atoms with Gasteiger partial charge in [-0.1, -0.05) is 13.8 Å². The highest BCUT2D eigenvalue weighted by Crippen LogP contribution is 2.20.